The molecule has 0 bridgehead atoms. The lowest BCUT2D eigenvalue weighted by Gasteiger charge is -2.07. The highest BCUT2D eigenvalue weighted by molar-refractivity contribution is 4.92. The molecule has 0 aliphatic heterocycles. The van der Waals surface area contributed by atoms with E-state index >= 15 is 0 Å². The van der Waals surface area contributed by atoms with Crippen molar-refractivity contribution in [2.45, 2.75) is 46.5 Å². The molecule has 0 unspecified atom stereocenters. The van der Waals surface area contributed by atoms with Crippen LogP contribution in [0, 0.1) is 5.92 Å². The molecule has 0 radical (unpaired) electrons. The lowest BCUT2D eigenvalue weighted by atomic mass is 9.99. The van der Waals surface area contributed by atoms with Gasteiger partial charge in [-0.05, 0) is 45.4 Å². The summed E-state index contributed by atoms with van der Waals surface area (Å²) in [5.74, 6) is 0.757. The topological polar surface area (TPSA) is 20.2 Å². The Morgan fingerprint density at radius 3 is 2.50 bits per heavy atom. The Bertz CT molecular complexity index is 123. The van der Waals surface area contributed by atoms with Crippen molar-refractivity contribution in [2.75, 3.05) is 6.61 Å². The van der Waals surface area contributed by atoms with Crippen molar-refractivity contribution in [3.63, 3.8) is 0 Å². The highest BCUT2D eigenvalue weighted by Gasteiger charge is 1.99. The van der Waals surface area contributed by atoms with E-state index in [9.17, 15) is 0 Å². The van der Waals surface area contributed by atoms with E-state index in [4.69, 9.17) is 5.11 Å². The van der Waals surface area contributed by atoms with Crippen LogP contribution >= 0.6 is 0 Å². The predicted molar refractivity (Wildman–Crippen MR) is 54.1 cm³/mol. The molecule has 0 fully saturated rings. The maximum absolute atomic E-state index is 8.62. The first-order valence-electron chi connectivity index (χ1n) is 4.91. The van der Waals surface area contributed by atoms with Crippen LogP contribution in [0.5, 0.6) is 0 Å². The molecular formula is C11H22O. The lowest BCUT2D eigenvalue weighted by molar-refractivity contribution is 0.272. The molecule has 1 N–H and O–H groups in total. The first-order chi connectivity index (χ1) is 5.66. The van der Waals surface area contributed by atoms with E-state index in [2.05, 4.69) is 26.8 Å². The fraction of sp³-hybridized carbons (Fsp3) is 0.818. The third-order valence-electron chi connectivity index (χ3n) is 2.07. The average molecular weight is 170 g/mol. The molecular weight excluding hydrogens is 148 g/mol. The number of hydrogen-bond acceptors (Lipinski definition) is 1. The quantitative estimate of drug-likeness (QED) is 0.607. The van der Waals surface area contributed by atoms with E-state index in [0.29, 0.717) is 6.61 Å². The second kappa shape index (κ2) is 7.35. The molecule has 1 atom stereocenters. The van der Waals surface area contributed by atoms with Crippen molar-refractivity contribution < 1.29 is 5.11 Å². The van der Waals surface area contributed by atoms with Crippen LogP contribution < -0.4 is 0 Å². The molecule has 0 amide bonds. The van der Waals surface area contributed by atoms with E-state index < -0.39 is 0 Å². The third kappa shape index (κ3) is 7.80. The van der Waals surface area contributed by atoms with Gasteiger partial charge in [0.2, 0.25) is 0 Å². The summed E-state index contributed by atoms with van der Waals surface area (Å²) >= 11 is 0. The van der Waals surface area contributed by atoms with Gasteiger partial charge >= 0.3 is 0 Å². The Morgan fingerprint density at radius 2 is 2.00 bits per heavy atom. The van der Waals surface area contributed by atoms with Gasteiger partial charge in [-0.15, -0.1) is 0 Å². The first-order valence-corrected chi connectivity index (χ1v) is 4.91. The summed E-state index contributed by atoms with van der Waals surface area (Å²) < 4.78 is 0. The van der Waals surface area contributed by atoms with Crippen molar-refractivity contribution in [2.24, 2.45) is 5.92 Å². The summed E-state index contributed by atoms with van der Waals surface area (Å²) in [5.41, 5.74) is 1.41. The van der Waals surface area contributed by atoms with Crippen LogP contribution in [-0.4, -0.2) is 11.7 Å². The van der Waals surface area contributed by atoms with Crippen LogP contribution in [0.4, 0.5) is 0 Å². The first kappa shape index (κ1) is 11.7. The Kier molecular flexibility index (Phi) is 7.17. The van der Waals surface area contributed by atoms with E-state index in [0.717, 1.165) is 18.8 Å². The number of rotatable bonds is 6. The smallest absolute Gasteiger partial charge is 0.0431 e. The minimum absolute atomic E-state index is 0.340. The zero-order valence-electron chi connectivity index (χ0n) is 8.64. The zero-order valence-corrected chi connectivity index (χ0v) is 8.64. The minimum Gasteiger partial charge on any atom is -0.396 e. The molecule has 0 aromatic carbocycles. The lowest BCUT2D eigenvalue weighted by Crippen LogP contribution is -1.95. The van der Waals surface area contributed by atoms with Crippen LogP contribution in [0.3, 0.4) is 0 Å². The molecule has 1 heteroatoms. The highest BCUT2D eigenvalue weighted by Crippen LogP contribution is 2.13. The Labute approximate surface area is 76.5 Å². The Morgan fingerprint density at radius 1 is 1.33 bits per heavy atom. The van der Waals surface area contributed by atoms with Crippen molar-refractivity contribution in [1.29, 1.82) is 0 Å². The van der Waals surface area contributed by atoms with Gasteiger partial charge in [-0.2, -0.15) is 0 Å². The predicted octanol–water partition coefficient (Wildman–Crippen LogP) is 3.14. The normalized spacial score (nSPS) is 12.7. The SMILES string of the molecule is CC(C)=CCC[C@@H](C)CCCO. The van der Waals surface area contributed by atoms with Crippen LogP contribution in [0.25, 0.3) is 0 Å². The van der Waals surface area contributed by atoms with Gasteiger partial charge < -0.3 is 5.11 Å². The van der Waals surface area contributed by atoms with Gasteiger partial charge in [-0.1, -0.05) is 18.6 Å². The van der Waals surface area contributed by atoms with Gasteiger partial charge in [-0.3, -0.25) is 0 Å². The van der Waals surface area contributed by atoms with Crippen molar-refractivity contribution in [3.05, 3.63) is 11.6 Å². The molecule has 0 aliphatic carbocycles. The largest absolute Gasteiger partial charge is 0.396 e. The zero-order chi connectivity index (χ0) is 9.40. The molecule has 12 heavy (non-hydrogen) atoms. The number of aliphatic hydroxyl groups is 1. The third-order valence-corrected chi connectivity index (χ3v) is 2.07. The molecule has 0 rings (SSSR count). The average Bonchev–Trinajstić information content (AvgIpc) is 2.00. The fourth-order valence-electron chi connectivity index (χ4n) is 1.24. The molecule has 1 nitrogen and oxygen atoms in total. The van der Waals surface area contributed by atoms with Crippen LogP contribution in [0.2, 0.25) is 0 Å². The van der Waals surface area contributed by atoms with Gasteiger partial charge in [0, 0.05) is 6.61 Å². The van der Waals surface area contributed by atoms with E-state index in [1.807, 2.05) is 0 Å². The minimum atomic E-state index is 0.340. The summed E-state index contributed by atoms with van der Waals surface area (Å²) in [6.07, 6.45) is 6.85. The van der Waals surface area contributed by atoms with Crippen molar-refractivity contribution in [3.8, 4) is 0 Å². The monoisotopic (exact) mass is 170 g/mol. The maximum atomic E-state index is 8.62. The molecule has 0 spiro atoms. The number of aliphatic hydroxyl groups excluding tert-OH is 1. The van der Waals surface area contributed by atoms with Gasteiger partial charge in [0.05, 0.1) is 0 Å². The number of hydrogen-bond donors (Lipinski definition) is 1. The van der Waals surface area contributed by atoms with Crippen LogP contribution in [0.1, 0.15) is 46.5 Å². The standard InChI is InChI=1S/C11H22O/c1-10(2)6-4-7-11(3)8-5-9-12/h6,11-12H,4-5,7-9H2,1-3H3/t11-/m1/s1. The molecule has 0 aliphatic rings. The molecule has 72 valence electrons. The maximum Gasteiger partial charge on any atom is 0.0431 e. The molecule has 0 aromatic heterocycles. The van der Waals surface area contributed by atoms with Gasteiger partial charge in [-0.25, -0.2) is 0 Å². The summed E-state index contributed by atoms with van der Waals surface area (Å²) in [6, 6.07) is 0. The molecule has 0 heterocycles. The molecule has 0 saturated carbocycles. The van der Waals surface area contributed by atoms with E-state index in [1.54, 1.807) is 0 Å². The van der Waals surface area contributed by atoms with Gasteiger partial charge in [0.25, 0.3) is 0 Å². The summed E-state index contributed by atoms with van der Waals surface area (Å²) in [5, 5.41) is 8.62. The Hall–Kier alpha value is -0.300. The molecule has 0 aromatic rings. The fourth-order valence-corrected chi connectivity index (χ4v) is 1.24. The second-order valence-electron chi connectivity index (χ2n) is 3.83. The summed E-state index contributed by atoms with van der Waals surface area (Å²) in [6.45, 7) is 6.87. The molecule has 0 saturated heterocycles. The highest BCUT2D eigenvalue weighted by atomic mass is 16.2. The van der Waals surface area contributed by atoms with Crippen molar-refractivity contribution >= 4 is 0 Å². The summed E-state index contributed by atoms with van der Waals surface area (Å²) in [4.78, 5) is 0. The van der Waals surface area contributed by atoms with Crippen LogP contribution in [0.15, 0.2) is 11.6 Å². The summed E-state index contributed by atoms with van der Waals surface area (Å²) in [7, 11) is 0. The van der Waals surface area contributed by atoms with Gasteiger partial charge in [0.1, 0.15) is 0 Å². The number of allylic oxidation sites excluding steroid dienone is 2. The van der Waals surface area contributed by atoms with Crippen molar-refractivity contribution in [1.82, 2.24) is 0 Å². The second-order valence-corrected chi connectivity index (χ2v) is 3.83. The van der Waals surface area contributed by atoms with Gasteiger partial charge in [0.15, 0.2) is 0 Å². The Balaban J connectivity index is 3.31. The van der Waals surface area contributed by atoms with E-state index in [1.165, 1.54) is 18.4 Å². The van der Waals surface area contributed by atoms with Crippen LogP contribution in [-0.2, 0) is 0 Å². The van der Waals surface area contributed by atoms with E-state index in [-0.39, 0.29) is 0 Å².